The van der Waals surface area contributed by atoms with Crippen LogP contribution in [0.4, 0.5) is 0 Å². The Hall–Kier alpha value is -1.43. The maximum atomic E-state index is 12.7. The number of benzene rings is 1. The molecule has 24 heavy (non-hydrogen) atoms. The third-order valence-electron chi connectivity index (χ3n) is 4.41. The number of esters is 1. The number of nitrogens with zero attached hydrogens (tertiary/aromatic N) is 1. The van der Waals surface area contributed by atoms with Crippen molar-refractivity contribution in [3.63, 3.8) is 0 Å². The smallest absolute Gasteiger partial charge is 0.312 e. The molecular weight excluding hydrogens is 304 g/mol. The van der Waals surface area contributed by atoms with Gasteiger partial charge in [-0.1, -0.05) is 30.3 Å². The summed E-state index contributed by atoms with van der Waals surface area (Å²) >= 11 is 0. The van der Waals surface area contributed by atoms with Crippen molar-refractivity contribution in [3.05, 3.63) is 35.9 Å². The highest BCUT2D eigenvalue weighted by molar-refractivity contribution is 5.74. The van der Waals surface area contributed by atoms with Crippen molar-refractivity contribution < 1.29 is 14.6 Å². The summed E-state index contributed by atoms with van der Waals surface area (Å²) in [6.07, 6.45) is 1.10. The summed E-state index contributed by atoms with van der Waals surface area (Å²) in [6.45, 7) is 7.21. The van der Waals surface area contributed by atoms with E-state index >= 15 is 0 Å². The number of hydrogen-bond acceptors (Lipinski definition) is 5. The minimum Gasteiger partial charge on any atom is -0.460 e. The van der Waals surface area contributed by atoms with Crippen molar-refractivity contribution in [2.75, 3.05) is 13.2 Å². The quantitative estimate of drug-likeness (QED) is 0.780. The molecule has 1 aromatic carbocycles. The van der Waals surface area contributed by atoms with E-state index in [-0.39, 0.29) is 30.6 Å². The number of carbonyl (C=O) groups excluding carboxylic acids is 1. The van der Waals surface area contributed by atoms with Crippen LogP contribution in [-0.2, 0) is 16.1 Å². The molecule has 1 saturated heterocycles. The normalized spacial score (nSPS) is 25.0. The number of aliphatic hydroxyl groups excluding tert-OH is 1. The van der Waals surface area contributed by atoms with Gasteiger partial charge in [-0.3, -0.25) is 9.69 Å². The fourth-order valence-electron chi connectivity index (χ4n) is 3.36. The van der Waals surface area contributed by atoms with Crippen LogP contribution in [0.3, 0.4) is 0 Å². The van der Waals surface area contributed by atoms with Crippen LogP contribution in [0.5, 0.6) is 0 Å². The summed E-state index contributed by atoms with van der Waals surface area (Å²) in [6, 6.07) is 10.1. The molecule has 134 valence electrons. The van der Waals surface area contributed by atoms with Gasteiger partial charge in [-0.2, -0.15) is 0 Å². The van der Waals surface area contributed by atoms with E-state index in [1.54, 1.807) is 0 Å². The predicted octanol–water partition coefficient (Wildman–Crippen LogP) is 2.13. The molecule has 3 N–H and O–H groups in total. The average molecular weight is 334 g/mol. The zero-order valence-corrected chi connectivity index (χ0v) is 14.9. The lowest BCUT2D eigenvalue weighted by molar-refractivity contribution is -0.162. The molecule has 0 aromatic heterocycles. The first-order valence-electron chi connectivity index (χ1n) is 8.69. The van der Waals surface area contributed by atoms with Crippen LogP contribution in [0.2, 0.25) is 0 Å². The van der Waals surface area contributed by atoms with E-state index in [4.69, 9.17) is 15.6 Å². The monoisotopic (exact) mass is 334 g/mol. The van der Waals surface area contributed by atoms with Crippen molar-refractivity contribution in [2.24, 2.45) is 17.6 Å². The molecule has 1 aromatic rings. The third-order valence-corrected chi connectivity index (χ3v) is 4.41. The van der Waals surface area contributed by atoms with Crippen LogP contribution in [-0.4, -0.2) is 40.9 Å². The van der Waals surface area contributed by atoms with Crippen LogP contribution in [0.15, 0.2) is 30.3 Å². The fraction of sp³-hybridized carbons (Fsp3) is 0.632. The van der Waals surface area contributed by atoms with E-state index in [1.807, 2.05) is 39.0 Å². The molecule has 0 saturated carbocycles. The second-order valence-electron chi connectivity index (χ2n) is 7.59. The molecule has 1 aliphatic heterocycles. The van der Waals surface area contributed by atoms with E-state index < -0.39 is 5.60 Å². The number of ether oxygens (including phenoxy) is 1. The first-order chi connectivity index (χ1) is 11.3. The molecule has 1 fully saturated rings. The summed E-state index contributed by atoms with van der Waals surface area (Å²) in [4.78, 5) is 14.8. The van der Waals surface area contributed by atoms with Gasteiger partial charge in [0.25, 0.3) is 0 Å². The molecule has 5 heteroatoms. The zero-order valence-electron chi connectivity index (χ0n) is 14.9. The summed E-state index contributed by atoms with van der Waals surface area (Å²) in [5, 5.41) is 9.14. The van der Waals surface area contributed by atoms with Crippen molar-refractivity contribution in [1.29, 1.82) is 0 Å². The number of likely N-dealkylation sites (tertiary alicyclic amines) is 1. The lowest BCUT2D eigenvalue weighted by Crippen LogP contribution is -2.44. The second kappa shape index (κ2) is 8.10. The second-order valence-corrected chi connectivity index (χ2v) is 7.59. The molecule has 0 amide bonds. The molecule has 1 unspecified atom stereocenters. The molecule has 3 atom stereocenters. The largest absolute Gasteiger partial charge is 0.460 e. The molecule has 0 spiro atoms. The molecule has 1 heterocycles. The number of rotatable bonds is 6. The summed E-state index contributed by atoms with van der Waals surface area (Å²) in [5.74, 6) is -0.460. The highest BCUT2D eigenvalue weighted by Crippen LogP contribution is 2.33. The van der Waals surface area contributed by atoms with Crippen LogP contribution in [0, 0.1) is 11.8 Å². The number of aliphatic hydroxyl groups is 1. The Balaban J connectivity index is 2.11. The van der Waals surface area contributed by atoms with Gasteiger partial charge in [0.15, 0.2) is 0 Å². The van der Waals surface area contributed by atoms with E-state index in [2.05, 4.69) is 17.0 Å². The number of nitrogens with two attached hydrogens (primary N) is 1. The van der Waals surface area contributed by atoms with E-state index in [0.29, 0.717) is 6.42 Å². The summed E-state index contributed by atoms with van der Waals surface area (Å²) < 4.78 is 5.59. The van der Waals surface area contributed by atoms with Gasteiger partial charge in [-0.15, -0.1) is 0 Å². The van der Waals surface area contributed by atoms with Crippen LogP contribution >= 0.6 is 0 Å². The average Bonchev–Trinajstić information content (AvgIpc) is 2.80. The highest BCUT2D eigenvalue weighted by atomic mass is 16.6. The Morgan fingerprint density at radius 2 is 2.00 bits per heavy atom. The van der Waals surface area contributed by atoms with Gasteiger partial charge in [0.2, 0.25) is 0 Å². The van der Waals surface area contributed by atoms with Crippen LogP contribution in [0.25, 0.3) is 0 Å². The number of carbonyl (C=O) groups is 1. The van der Waals surface area contributed by atoms with Gasteiger partial charge in [0, 0.05) is 19.7 Å². The SMILES string of the molecule is CC(C)(C)OC(=O)[C@@H]1C(N)N(Cc2ccccc2)C[C@H]1CCCO. The Bertz CT molecular complexity index is 527. The molecule has 0 aliphatic carbocycles. The highest BCUT2D eigenvalue weighted by Gasteiger charge is 2.45. The predicted molar refractivity (Wildman–Crippen MR) is 94.0 cm³/mol. The zero-order chi connectivity index (χ0) is 17.7. The van der Waals surface area contributed by atoms with Gasteiger partial charge in [0.05, 0.1) is 12.1 Å². The number of hydrogen-bond donors (Lipinski definition) is 2. The third kappa shape index (κ3) is 5.03. The van der Waals surface area contributed by atoms with Crippen molar-refractivity contribution in [1.82, 2.24) is 4.90 Å². The first-order valence-corrected chi connectivity index (χ1v) is 8.69. The Labute approximate surface area is 144 Å². The molecule has 2 rings (SSSR count). The minimum absolute atomic E-state index is 0.116. The van der Waals surface area contributed by atoms with Gasteiger partial charge in [-0.25, -0.2) is 0 Å². The molecule has 0 bridgehead atoms. The van der Waals surface area contributed by atoms with Crippen LogP contribution in [0.1, 0.15) is 39.2 Å². The Morgan fingerprint density at radius 3 is 2.58 bits per heavy atom. The molecule has 0 radical (unpaired) electrons. The van der Waals surface area contributed by atoms with Gasteiger partial charge in [-0.05, 0) is 45.1 Å². The lowest BCUT2D eigenvalue weighted by Gasteiger charge is -2.27. The molecular formula is C19H30N2O3. The summed E-state index contributed by atoms with van der Waals surface area (Å²) in [7, 11) is 0. The lowest BCUT2D eigenvalue weighted by atomic mass is 9.90. The topological polar surface area (TPSA) is 75.8 Å². The van der Waals surface area contributed by atoms with E-state index in [1.165, 1.54) is 5.56 Å². The fourth-order valence-corrected chi connectivity index (χ4v) is 3.36. The van der Waals surface area contributed by atoms with Gasteiger partial charge < -0.3 is 15.6 Å². The summed E-state index contributed by atoms with van der Waals surface area (Å²) in [5.41, 5.74) is 7.07. The minimum atomic E-state index is -0.523. The van der Waals surface area contributed by atoms with Gasteiger partial charge >= 0.3 is 5.97 Å². The van der Waals surface area contributed by atoms with Gasteiger partial charge in [0.1, 0.15) is 5.60 Å². The van der Waals surface area contributed by atoms with Crippen molar-refractivity contribution in [2.45, 2.75) is 51.9 Å². The Morgan fingerprint density at radius 1 is 1.33 bits per heavy atom. The van der Waals surface area contributed by atoms with Crippen molar-refractivity contribution in [3.8, 4) is 0 Å². The standard InChI is InChI=1S/C19H30N2O3/c1-19(2,3)24-18(23)16-15(10-7-11-22)13-21(17(16)20)12-14-8-5-4-6-9-14/h4-6,8-9,15-17,22H,7,10-13,20H2,1-3H3/t15-,16+,17?/m1/s1. The molecule has 5 nitrogen and oxygen atoms in total. The first kappa shape index (κ1) is 18.9. The maximum absolute atomic E-state index is 12.7. The van der Waals surface area contributed by atoms with Crippen molar-refractivity contribution >= 4 is 5.97 Å². The maximum Gasteiger partial charge on any atom is 0.312 e. The molecule has 1 aliphatic rings. The van der Waals surface area contributed by atoms with Crippen LogP contribution < -0.4 is 5.73 Å². The Kier molecular flexibility index (Phi) is 6.38. The van der Waals surface area contributed by atoms with E-state index in [0.717, 1.165) is 19.5 Å². The van der Waals surface area contributed by atoms with E-state index in [9.17, 15) is 4.79 Å².